The van der Waals surface area contributed by atoms with Gasteiger partial charge in [0.2, 0.25) is 0 Å². The maximum atomic E-state index is 12.1. The molecular formula is C42H83NO3. The van der Waals surface area contributed by atoms with E-state index in [-0.39, 0.29) is 12.6 Å². The summed E-state index contributed by atoms with van der Waals surface area (Å²) in [6, 6.07) is -0.558. The van der Waals surface area contributed by atoms with Gasteiger partial charge < -0.3 is 15.6 Å². The predicted molar refractivity (Wildman–Crippen MR) is 202 cm³/mol. The van der Waals surface area contributed by atoms with Crippen LogP contribution in [0, 0.1) is 0 Å². The first-order valence-corrected chi connectivity index (χ1v) is 20.9. The van der Waals surface area contributed by atoms with Gasteiger partial charge in [0, 0.05) is 6.42 Å². The van der Waals surface area contributed by atoms with Gasteiger partial charge in [-0.25, -0.2) is 0 Å². The normalized spacial score (nSPS) is 13.0. The average molecular weight is 650 g/mol. The van der Waals surface area contributed by atoms with Crippen LogP contribution < -0.4 is 5.73 Å². The van der Waals surface area contributed by atoms with Crippen molar-refractivity contribution in [2.24, 2.45) is 5.73 Å². The number of rotatable bonds is 38. The van der Waals surface area contributed by atoms with Crippen molar-refractivity contribution in [1.29, 1.82) is 0 Å². The number of carbonyl (C=O) groups excluding carboxylic acids is 1. The predicted octanol–water partition coefficient (Wildman–Crippen LogP) is 13.1. The SMILES string of the molecule is CCCCCCCCCCCCCC=CC(O)C(N)COC(=O)CCCCCCCCCCCCCCCCCCCCCCC. The third-order valence-electron chi connectivity index (χ3n) is 9.67. The van der Waals surface area contributed by atoms with E-state index in [2.05, 4.69) is 13.8 Å². The molecule has 0 aromatic heterocycles. The van der Waals surface area contributed by atoms with Gasteiger partial charge in [-0.15, -0.1) is 0 Å². The largest absolute Gasteiger partial charge is 0.464 e. The first-order chi connectivity index (χ1) is 22.6. The van der Waals surface area contributed by atoms with Crippen LogP contribution in [0.5, 0.6) is 0 Å². The van der Waals surface area contributed by atoms with Crippen LogP contribution in [0.3, 0.4) is 0 Å². The molecule has 0 saturated carbocycles. The highest BCUT2D eigenvalue weighted by Crippen LogP contribution is 2.16. The molecule has 0 fully saturated rings. The second-order valence-electron chi connectivity index (χ2n) is 14.4. The maximum Gasteiger partial charge on any atom is 0.305 e. The summed E-state index contributed by atoms with van der Waals surface area (Å²) in [6.45, 7) is 4.65. The Morgan fingerprint density at radius 3 is 1.17 bits per heavy atom. The van der Waals surface area contributed by atoms with E-state index in [1.54, 1.807) is 6.08 Å². The maximum absolute atomic E-state index is 12.1. The lowest BCUT2D eigenvalue weighted by molar-refractivity contribution is -0.144. The fourth-order valence-electron chi connectivity index (χ4n) is 6.37. The summed E-state index contributed by atoms with van der Waals surface area (Å²) < 4.78 is 5.33. The van der Waals surface area contributed by atoms with E-state index in [0.29, 0.717) is 6.42 Å². The van der Waals surface area contributed by atoms with Gasteiger partial charge in [0.25, 0.3) is 0 Å². The average Bonchev–Trinajstić information content (AvgIpc) is 3.06. The smallest absolute Gasteiger partial charge is 0.305 e. The van der Waals surface area contributed by atoms with Crippen LogP contribution in [0.25, 0.3) is 0 Å². The molecule has 0 saturated heterocycles. The zero-order chi connectivity index (χ0) is 33.6. The lowest BCUT2D eigenvalue weighted by atomic mass is 10.0. The number of aliphatic hydroxyl groups excluding tert-OH is 1. The summed E-state index contributed by atoms with van der Waals surface area (Å²) in [7, 11) is 0. The van der Waals surface area contributed by atoms with Crippen LogP contribution >= 0.6 is 0 Å². The Morgan fingerprint density at radius 1 is 0.522 bits per heavy atom. The topological polar surface area (TPSA) is 72.6 Å². The van der Waals surface area contributed by atoms with E-state index in [1.165, 1.54) is 186 Å². The van der Waals surface area contributed by atoms with E-state index < -0.39 is 12.1 Å². The minimum Gasteiger partial charge on any atom is -0.464 e. The Morgan fingerprint density at radius 2 is 0.826 bits per heavy atom. The van der Waals surface area contributed by atoms with Gasteiger partial charge in [-0.3, -0.25) is 4.79 Å². The molecule has 0 radical (unpaired) electrons. The lowest BCUT2D eigenvalue weighted by Gasteiger charge is -2.15. The Labute approximate surface area is 288 Å². The van der Waals surface area contributed by atoms with Crippen LogP contribution in [0.2, 0.25) is 0 Å². The van der Waals surface area contributed by atoms with Crippen molar-refractivity contribution in [2.75, 3.05) is 6.61 Å². The zero-order valence-electron chi connectivity index (χ0n) is 31.4. The zero-order valence-corrected chi connectivity index (χ0v) is 31.4. The summed E-state index contributed by atoms with van der Waals surface area (Å²) >= 11 is 0. The molecule has 4 nitrogen and oxygen atoms in total. The second-order valence-corrected chi connectivity index (χ2v) is 14.4. The first kappa shape index (κ1) is 45.1. The number of ether oxygens (including phenoxy) is 1. The molecule has 3 N–H and O–H groups in total. The van der Waals surface area contributed by atoms with Gasteiger partial charge in [0.05, 0.1) is 12.1 Å². The van der Waals surface area contributed by atoms with E-state index in [0.717, 1.165) is 25.7 Å². The first-order valence-electron chi connectivity index (χ1n) is 20.9. The second kappa shape index (κ2) is 38.6. The van der Waals surface area contributed by atoms with Crippen molar-refractivity contribution >= 4 is 5.97 Å². The molecule has 0 aliphatic heterocycles. The van der Waals surface area contributed by atoms with Gasteiger partial charge in [-0.2, -0.15) is 0 Å². The van der Waals surface area contributed by atoms with Crippen molar-refractivity contribution in [3.05, 3.63) is 12.2 Å². The monoisotopic (exact) mass is 650 g/mol. The van der Waals surface area contributed by atoms with Gasteiger partial charge in [-0.1, -0.05) is 219 Å². The molecule has 274 valence electrons. The van der Waals surface area contributed by atoms with Crippen molar-refractivity contribution in [3.63, 3.8) is 0 Å². The number of unbranched alkanes of at least 4 members (excludes halogenated alkanes) is 31. The van der Waals surface area contributed by atoms with Crippen molar-refractivity contribution in [1.82, 2.24) is 0 Å². The third kappa shape index (κ3) is 36.0. The summed E-state index contributed by atoms with van der Waals surface area (Å²) in [5, 5.41) is 10.3. The minimum absolute atomic E-state index is 0.0854. The van der Waals surface area contributed by atoms with Crippen LogP contribution in [0.4, 0.5) is 0 Å². The standard InChI is InChI=1S/C42H83NO3/c1-3-5-7-9-11-13-15-17-18-19-20-21-22-23-24-26-28-30-32-34-36-38-42(45)46-39-40(43)41(44)37-35-33-31-29-27-25-16-14-12-10-8-6-4-2/h35,37,40-41,44H,3-34,36,38-39,43H2,1-2H3. The van der Waals surface area contributed by atoms with Crippen LogP contribution in [-0.2, 0) is 9.53 Å². The Hall–Kier alpha value is -0.870. The number of carbonyl (C=O) groups is 1. The highest BCUT2D eigenvalue weighted by atomic mass is 16.5. The fraction of sp³-hybridized carbons (Fsp3) is 0.929. The summed E-state index contributed by atoms with van der Waals surface area (Å²) in [5.74, 6) is -0.189. The molecule has 0 amide bonds. The number of esters is 1. The number of nitrogens with two attached hydrogens (primary N) is 1. The van der Waals surface area contributed by atoms with Gasteiger partial charge in [-0.05, 0) is 19.3 Å². The van der Waals surface area contributed by atoms with E-state index in [4.69, 9.17) is 10.5 Å². The molecule has 2 atom stereocenters. The number of allylic oxidation sites excluding steroid dienone is 1. The fourth-order valence-corrected chi connectivity index (χ4v) is 6.37. The van der Waals surface area contributed by atoms with Crippen molar-refractivity contribution in [3.8, 4) is 0 Å². The molecule has 46 heavy (non-hydrogen) atoms. The summed E-state index contributed by atoms with van der Waals surface area (Å²) in [5.41, 5.74) is 6.04. The molecule has 0 spiro atoms. The van der Waals surface area contributed by atoms with E-state index >= 15 is 0 Å². The third-order valence-corrected chi connectivity index (χ3v) is 9.67. The molecule has 0 aromatic carbocycles. The summed E-state index contributed by atoms with van der Waals surface area (Å²) in [6.07, 6.45) is 47.7. The molecule has 0 aliphatic carbocycles. The summed E-state index contributed by atoms with van der Waals surface area (Å²) in [4.78, 5) is 12.1. The van der Waals surface area contributed by atoms with Gasteiger partial charge in [0.15, 0.2) is 0 Å². The van der Waals surface area contributed by atoms with Gasteiger partial charge >= 0.3 is 5.97 Å². The van der Waals surface area contributed by atoms with Crippen LogP contribution in [0.1, 0.15) is 232 Å². The van der Waals surface area contributed by atoms with Crippen molar-refractivity contribution < 1.29 is 14.6 Å². The number of hydrogen-bond donors (Lipinski definition) is 2. The molecular weight excluding hydrogens is 566 g/mol. The molecule has 4 heteroatoms. The molecule has 0 aromatic rings. The molecule has 0 heterocycles. The Kier molecular flexibility index (Phi) is 37.8. The minimum atomic E-state index is -0.759. The van der Waals surface area contributed by atoms with Gasteiger partial charge in [0.1, 0.15) is 6.61 Å². The van der Waals surface area contributed by atoms with Crippen LogP contribution in [0.15, 0.2) is 12.2 Å². The van der Waals surface area contributed by atoms with E-state index in [1.807, 2.05) is 6.08 Å². The number of hydrogen-bond acceptors (Lipinski definition) is 4. The van der Waals surface area contributed by atoms with Crippen LogP contribution in [-0.4, -0.2) is 29.8 Å². The number of aliphatic hydroxyl groups is 1. The highest BCUT2D eigenvalue weighted by Gasteiger charge is 2.14. The Balaban J connectivity index is 3.40. The lowest BCUT2D eigenvalue weighted by Crippen LogP contribution is -2.38. The molecule has 0 aliphatic rings. The highest BCUT2D eigenvalue weighted by molar-refractivity contribution is 5.69. The molecule has 2 unspecified atom stereocenters. The molecule has 0 rings (SSSR count). The Bertz CT molecular complexity index is 622. The molecule has 0 bridgehead atoms. The quantitative estimate of drug-likeness (QED) is 0.0396. The van der Waals surface area contributed by atoms with Crippen molar-refractivity contribution in [2.45, 2.75) is 244 Å². The van der Waals surface area contributed by atoms with E-state index in [9.17, 15) is 9.90 Å².